The second-order valence-electron chi connectivity index (χ2n) is 3.81. The number of amides is 1. The number of carbonyl (C=O) groups excluding carboxylic acids is 1. The lowest BCUT2D eigenvalue weighted by Crippen LogP contribution is -2.33. The lowest BCUT2D eigenvalue weighted by molar-refractivity contribution is -0.137. The first-order chi connectivity index (χ1) is 8.08. The molecule has 7 heteroatoms. The van der Waals surface area contributed by atoms with Crippen LogP contribution in [0.2, 0.25) is 0 Å². The highest BCUT2D eigenvalue weighted by molar-refractivity contribution is 5.76. The van der Waals surface area contributed by atoms with Gasteiger partial charge >= 0.3 is 5.97 Å². The lowest BCUT2D eigenvalue weighted by Gasteiger charge is -2.12. The van der Waals surface area contributed by atoms with Crippen LogP contribution in [0.5, 0.6) is 0 Å². The molecule has 17 heavy (non-hydrogen) atoms. The van der Waals surface area contributed by atoms with Gasteiger partial charge in [0.15, 0.2) is 0 Å². The fraction of sp³-hybridized carbons (Fsp3) is 0.600. The Morgan fingerprint density at radius 2 is 2.24 bits per heavy atom. The number of carbonyl (C=O) groups is 2. The number of carboxylic acids is 1. The third kappa shape index (κ3) is 5.64. The molecule has 0 saturated carbocycles. The molecule has 0 aliphatic rings. The maximum atomic E-state index is 11.5. The number of aryl methyl sites for hydroxylation is 1. The van der Waals surface area contributed by atoms with Gasteiger partial charge < -0.3 is 10.4 Å². The minimum atomic E-state index is -0.853. The first-order valence-electron chi connectivity index (χ1n) is 5.41. The van der Waals surface area contributed by atoms with Gasteiger partial charge in [0.25, 0.3) is 0 Å². The number of aliphatic carboxylic acids is 1. The third-order valence-corrected chi connectivity index (χ3v) is 2.23. The van der Waals surface area contributed by atoms with Crippen molar-refractivity contribution in [2.75, 3.05) is 0 Å². The largest absolute Gasteiger partial charge is 0.481 e. The van der Waals surface area contributed by atoms with Crippen LogP contribution in [0.15, 0.2) is 12.7 Å². The smallest absolute Gasteiger partial charge is 0.303 e. The van der Waals surface area contributed by atoms with Crippen molar-refractivity contribution in [2.45, 2.75) is 38.8 Å². The Balaban J connectivity index is 2.18. The second kappa shape index (κ2) is 6.62. The molecule has 0 spiro atoms. The molecule has 0 saturated heterocycles. The topological polar surface area (TPSA) is 97.1 Å². The molecule has 0 aliphatic heterocycles. The Morgan fingerprint density at radius 3 is 2.82 bits per heavy atom. The van der Waals surface area contributed by atoms with E-state index in [9.17, 15) is 9.59 Å². The van der Waals surface area contributed by atoms with Crippen molar-refractivity contribution < 1.29 is 14.7 Å². The highest BCUT2D eigenvalue weighted by atomic mass is 16.4. The van der Waals surface area contributed by atoms with Gasteiger partial charge in [-0.1, -0.05) is 0 Å². The van der Waals surface area contributed by atoms with Gasteiger partial charge in [0.1, 0.15) is 12.7 Å². The van der Waals surface area contributed by atoms with Crippen LogP contribution < -0.4 is 5.32 Å². The molecular weight excluding hydrogens is 224 g/mol. The van der Waals surface area contributed by atoms with E-state index in [-0.39, 0.29) is 18.4 Å². The second-order valence-corrected chi connectivity index (χ2v) is 3.81. The molecule has 1 atom stereocenters. The Labute approximate surface area is 98.8 Å². The fourth-order valence-corrected chi connectivity index (χ4v) is 1.32. The number of aromatic nitrogens is 3. The van der Waals surface area contributed by atoms with E-state index in [1.807, 2.05) is 0 Å². The maximum Gasteiger partial charge on any atom is 0.303 e. The zero-order valence-corrected chi connectivity index (χ0v) is 9.67. The van der Waals surface area contributed by atoms with Crippen molar-refractivity contribution in [3.05, 3.63) is 12.7 Å². The van der Waals surface area contributed by atoms with E-state index in [1.54, 1.807) is 17.9 Å². The quantitative estimate of drug-likeness (QED) is 0.701. The van der Waals surface area contributed by atoms with Crippen molar-refractivity contribution in [1.29, 1.82) is 0 Å². The van der Waals surface area contributed by atoms with Gasteiger partial charge in [0, 0.05) is 18.9 Å². The number of rotatable bonds is 7. The summed E-state index contributed by atoms with van der Waals surface area (Å²) in [5, 5.41) is 15.1. The van der Waals surface area contributed by atoms with E-state index in [4.69, 9.17) is 5.11 Å². The van der Waals surface area contributed by atoms with Gasteiger partial charge in [0.2, 0.25) is 5.91 Å². The predicted molar refractivity (Wildman–Crippen MR) is 59.1 cm³/mol. The van der Waals surface area contributed by atoms with Crippen molar-refractivity contribution in [3.8, 4) is 0 Å². The Bertz CT molecular complexity index is 364. The van der Waals surface area contributed by atoms with Crippen LogP contribution >= 0.6 is 0 Å². The molecule has 1 amide bonds. The average molecular weight is 240 g/mol. The van der Waals surface area contributed by atoms with Crippen LogP contribution in [0.25, 0.3) is 0 Å². The molecule has 2 N–H and O–H groups in total. The van der Waals surface area contributed by atoms with Crippen LogP contribution in [-0.2, 0) is 16.1 Å². The van der Waals surface area contributed by atoms with E-state index in [0.717, 1.165) is 0 Å². The summed E-state index contributed by atoms with van der Waals surface area (Å²) in [6.07, 6.45) is 3.75. The number of hydrogen-bond acceptors (Lipinski definition) is 4. The highest BCUT2D eigenvalue weighted by Gasteiger charge is 2.09. The van der Waals surface area contributed by atoms with E-state index < -0.39 is 5.97 Å². The third-order valence-electron chi connectivity index (χ3n) is 2.23. The maximum absolute atomic E-state index is 11.5. The van der Waals surface area contributed by atoms with Gasteiger partial charge in [-0.15, -0.1) is 0 Å². The Kier molecular flexibility index (Phi) is 5.12. The molecule has 94 valence electrons. The molecular formula is C10H16N4O3. The number of hydrogen-bond donors (Lipinski definition) is 2. The molecule has 1 aromatic heterocycles. The van der Waals surface area contributed by atoms with E-state index in [2.05, 4.69) is 15.4 Å². The van der Waals surface area contributed by atoms with Crippen LogP contribution in [0.1, 0.15) is 26.2 Å². The molecule has 1 heterocycles. The summed E-state index contributed by atoms with van der Waals surface area (Å²) >= 11 is 0. The van der Waals surface area contributed by atoms with Gasteiger partial charge in [-0.25, -0.2) is 4.98 Å². The fourth-order valence-electron chi connectivity index (χ4n) is 1.32. The molecule has 1 aromatic rings. The molecule has 7 nitrogen and oxygen atoms in total. The normalized spacial score (nSPS) is 12.1. The molecule has 1 rings (SSSR count). The van der Waals surface area contributed by atoms with E-state index in [1.165, 1.54) is 6.33 Å². The molecule has 0 fully saturated rings. The summed E-state index contributed by atoms with van der Waals surface area (Å²) in [6, 6.07) is -0.130. The average Bonchev–Trinajstić information content (AvgIpc) is 2.76. The molecule has 0 radical (unpaired) electrons. The first-order valence-corrected chi connectivity index (χ1v) is 5.41. The zero-order valence-electron chi connectivity index (χ0n) is 9.67. The Hall–Kier alpha value is -1.92. The summed E-state index contributed by atoms with van der Waals surface area (Å²) in [6.45, 7) is 2.26. The minimum absolute atomic E-state index is 0.0600. The van der Waals surface area contributed by atoms with Crippen LogP contribution in [-0.4, -0.2) is 37.8 Å². The van der Waals surface area contributed by atoms with Crippen molar-refractivity contribution in [2.24, 2.45) is 0 Å². The van der Waals surface area contributed by atoms with Gasteiger partial charge in [-0.2, -0.15) is 5.10 Å². The van der Waals surface area contributed by atoms with Crippen molar-refractivity contribution in [1.82, 2.24) is 20.1 Å². The van der Waals surface area contributed by atoms with Crippen LogP contribution in [0.4, 0.5) is 0 Å². The SMILES string of the molecule is CC(CCC(=O)O)NC(=O)CCn1cncn1. The number of carboxylic acid groups (broad SMARTS) is 1. The monoisotopic (exact) mass is 240 g/mol. The zero-order chi connectivity index (χ0) is 12.7. The van der Waals surface area contributed by atoms with Crippen LogP contribution in [0, 0.1) is 0 Å². The van der Waals surface area contributed by atoms with Crippen molar-refractivity contribution >= 4 is 11.9 Å². The van der Waals surface area contributed by atoms with E-state index >= 15 is 0 Å². The number of nitrogens with one attached hydrogen (secondary N) is 1. The molecule has 0 aromatic carbocycles. The summed E-state index contributed by atoms with van der Waals surface area (Å²) < 4.78 is 1.57. The summed E-state index contributed by atoms with van der Waals surface area (Å²) in [5.41, 5.74) is 0. The first kappa shape index (κ1) is 13.1. The predicted octanol–water partition coefficient (Wildman–Crippen LogP) is 0.0377. The standard InChI is InChI=1S/C10H16N4O3/c1-8(2-3-10(16)17)13-9(15)4-5-14-7-11-6-12-14/h6-8H,2-5H2,1H3,(H,13,15)(H,16,17). The van der Waals surface area contributed by atoms with Crippen LogP contribution in [0.3, 0.4) is 0 Å². The van der Waals surface area contributed by atoms with E-state index in [0.29, 0.717) is 19.4 Å². The summed E-state index contributed by atoms with van der Waals surface area (Å²) in [7, 11) is 0. The summed E-state index contributed by atoms with van der Waals surface area (Å²) in [4.78, 5) is 25.6. The minimum Gasteiger partial charge on any atom is -0.481 e. The van der Waals surface area contributed by atoms with Crippen molar-refractivity contribution in [3.63, 3.8) is 0 Å². The molecule has 1 unspecified atom stereocenters. The van der Waals surface area contributed by atoms with Gasteiger partial charge in [-0.3, -0.25) is 14.3 Å². The lowest BCUT2D eigenvalue weighted by atomic mass is 10.2. The van der Waals surface area contributed by atoms with Gasteiger partial charge in [0.05, 0.1) is 6.54 Å². The Morgan fingerprint density at radius 1 is 1.47 bits per heavy atom. The highest BCUT2D eigenvalue weighted by Crippen LogP contribution is 1.97. The molecule has 0 aliphatic carbocycles. The van der Waals surface area contributed by atoms with Gasteiger partial charge in [-0.05, 0) is 13.3 Å². The molecule has 0 bridgehead atoms. The number of nitrogens with zero attached hydrogens (tertiary/aromatic N) is 3. The summed E-state index contributed by atoms with van der Waals surface area (Å²) in [5.74, 6) is -0.966.